The lowest BCUT2D eigenvalue weighted by Gasteiger charge is -2.32. The van der Waals surface area contributed by atoms with E-state index in [1.165, 1.54) is 35.9 Å². The Morgan fingerprint density at radius 2 is 1.77 bits per heavy atom. The van der Waals surface area contributed by atoms with Crippen LogP contribution in [0.5, 0.6) is 28.7 Å². The van der Waals surface area contributed by atoms with Gasteiger partial charge in [0.05, 0.1) is 11.1 Å². The van der Waals surface area contributed by atoms with E-state index in [1.807, 2.05) is 26.8 Å². The lowest BCUT2D eigenvalue weighted by atomic mass is 9.92. The molecule has 0 saturated heterocycles. The van der Waals surface area contributed by atoms with Gasteiger partial charge >= 0.3 is 0 Å². The third-order valence-electron chi connectivity index (χ3n) is 5.13. The number of ether oxygens (including phenoxy) is 1. The summed E-state index contributed by atoms with van der Waals surface area (Å²) in [6, 6.07) is 5.52. The van der Waals surface area contributed by atoms with Crippen molar-refractivity contribution in [2.45, 2.75) is 39.2 Å². The quantitative estimate of drug-likeness (QED) is 0.285. The average molecular weight is 422 g/mol. The fourth-order valence-corrected chi connectivity index (χ4v) is 3.42. The van der Waals surface area contributed by atoms with Crippen LogP contribution >= 0.6 is 0 Å². The molecule has 31 heavy (non-hydrogen) atoms. The first kappa shape index (κ1) is 22.0. The van der Waals surface area contributed by atoms with Gasteiger partial charge in [-0.1, -0.05) is 17.7 Å². The van der Waals surface area contributed by atoms with E-state index < -0.39 is 22.9 Å². The highest BCUT2D eigenvalue weighted by Crippen LogP contribution is 2.44. The van der Waals surface area contributed by atoms with E-state index in [9.17, 15) is 25.2 Å². The molecule has 0 spiro atoms. The summed E-state index contributed by atoms with van der Waals surface area (Å²) in [6.07, 6.45) is 9.44. The van der Waals surface area contributed by atoms with Crippen molar-refractivity contribution in [3.05, 3.63) is 64.8 Å². The van der Waals surface area contributed by atoms with Crippen molar-refractivity contribution in [3.63, 3.8) is 0 Å². The second-order valence-electron chi connectivity index (χ2n) is 8.01. The highest BCUT2D eigenvalue weighted by molar-refractivity contribution is 6.11. The number of phenolic OH excluding ortho intramolecular Hbond substituents is 4. The van der Waals surface area contributed by atoms with Gasteiger partial charge in [0, 0.05) is 6.07 Å². The molecule has 1 unspecified atom stereocenters. The lowest BCUT2D eigenvalue weighted by molar-refractivity contribution is 0.104. The molecule has 1 aliphatic rings. The zero-order valence-electron chi connectivity index (χ0n) is 17.7. The predicted molar refractivity (Wildman–Crippen MR) is 120 cm³/mol. The summed E-state index contributed by atoms with van der Waals surface area (Å²) >= 11 is 0. The monoisotopic (exact) mass is 422 g/mol. The van der Waals surface area contributed by atoms with Gasteiger partial charge in [-0.3, -0.25) is 4.79 Å². The highest BCUT2D eigenvalue weighted by Gasteiger charge is 2.30. The van der Waals surface area contributed by atoms with Gasteiger partial charge in [0.15, 0.2) is 5.78 Å². The Labute approximate surface area is 181 Å². The number of hydrogen-bond acceptors (Lipinski definition) is 6. The maximum atomic E-state index is 12.7. The van der Waals surface area contributed by atoms with E-state index in [1.54, 1.807) is 6.08 Å². The molecule has 4 N–H and O–H groups in total. The minimum Gasteiger partial charge on any atom is -0.507 e. The predicted octanol–water partition coefficient (Wildman–Crippen LogP) is 5.32. The summed E-state index contributed by atoms with van der Waals surface area (Å²) < 4.78 is 6.03. The van der Waals surface area contributed by atoms with Gasteiger partial charge < -0.3 is 25.2 Å². The van der Waals surface area contributed by atoms with Crippen LogP contribution < -0.4 is 4.74 Å². The number of aromatic hydroxyl groups is 4. The zero-order valence-corrected chi connectivity index (χ0v) is 17.7. The van der Waals surface area contributed by atoms with Crippen LogP contribution in [0.25, 0.3) is 12.2 Å². The maximum absolute atomic E-state index is 12.7. The van der Waals surface area contributed by atoms with Crippen LogP contribution in [0.4, 0.5) is 0 Å². The highest BCUT2D eigenvalue weighted by atomic mass is 16.5. The van der Waals surface area contributed by atoms with Crippen molar-refractivity contribution >= 4 is 17.9 Å². The Hall–Kier alpha value is -3.67. The van der Waals surface area contributed by atoms with Crippen molar-refractivity contribution < 1.29 is 30.0 Å². The molecular weight excluding hydrogens is 396 g/mol. The van der Waals surface area contributed by atoms with Crippen molar-refractivity contribution in [1.82, 2.24) is 0 Å². The Morgan fingerprint density at radius 1 is 1.10 bits per heavy atom. The number of hydrogen-bond donors (Lipinski definition) is 4. The first-order chi connectivity index (χ1) is 14.6. The molecule has 3 rings (SSSR count). The van der Waals surface area contributed by atoms with Gasteiger partial charge in [0.1, 0.15) is 39.9 Å². The summed E-state index contributed by atoms with van der Waals surface area (Å²) in [4.78, 5) is 12.7. The van der Waals surface area contributed by atoms with Gasteiger partial charge in [-0.25, -0.2) is 0 Å². The summed E-state index contributed by atoms with van der Waals surface area (Å²) in [5, 5.41) is 40.7. The Balaban J connectivity index is 1.89. The van der Waals surface area contributed by atoms with Gasteiger partial charge in [-0.2, -0.15) is 0 Å². The molecule has 6 heteroatoms. The van der Waals surface area contributed by atoms with Crippen LogP contribution in [-0.2, 0) is 0 Å². The third kappa shape index (κ3) is 4.74. The molecule has 0 radical (unpaired) electrons. The summed E-state index contributed by atoms with van der Waals surface area (Å²) in [5.41, 5.74) is 0.688. The number of ketones is 1. The number of carbonyl (C=O) groups excluding carboxylic acids is 1. The van der Waals surface area contributed by atoms with Crippen molar-refractivity contribution in [2.24, 2.45) is 0 Å². The maximum Gasteiger partial charge on any atom is 0.193 e. The van der Waals surface area contributed by atoms with E-state index in [0.29, 0.717) is 12.0 Å². The first-order valence-electron chi connectivity index (χ1n) is 9.95. The van der Waals surface area contributed by atoms with Gasteiger partial charge in [0.2, 0.25) is 0 Å². The van der Waals surface area contributed by atoms with Crippen molar-refractivity contribution in [1.29, 1.82) is 0 Å². The van der Waals surface area contributed by atoms with Crippen molar-refractivity contribution in [3.8, 4) is 28.7 Å². The summed E-state index contributed by atoms with van der Waals surface area (Å²) in [7, 11) is 0. The number of phenols is 4. The normalized spacial score (nSPS) is 17.3. The molecule has 1 atom stereocenters. The van der Waals surface area contributed by atoms with Gasteiger partial charge in [-0.05, 0) is 70.0 Å². The van der Waals surface area contributed by atoms with Crippen LogP contribution in [0.1, 0.15) is 55.1 Å². The number of allylic oxidation sites excluding steroid dienone is 3. The number of carbonyl (C=O) groups is 1. The van der Waals surface area contributed by atoms with Crippen LogP contribution in [0, 0.1) is 0 Å². The van der Waals surface area contributed by atoms with Crippen molar-refractivity contribution in [2.75, 3.05) is 0 Å². The Bertz CT molecular complexity index is 1090. The van der Waals surface area contributed by atoms with Crippen LogP contribution in [-0.4, -0.2) is 31.8 Å². The van der Waals surface area contributed by atoms with Gasteiger partial charge in [-0.15, -0.1) is 0 Å². The SMILES string of the molecule is CC(C)=CCCC1(C)C=Cc2c(cc(O)c(C(=O)C=Cc3c(O)cccc3O)c2O)O1. The number of rotatable bonds is 6. The fourth-order valence-electron chi connectivity index (χ4n) is 3.42. The lowest BCUT2D eigenvalue weighted by Crippen LogP contribution is -2.31. The minimum absolute atomic E-state index is 0.0585. The zero-order chi connectivity index (χ0) is 22.8. The molecular formula is C25H26O6. The van der Waals surface area contributed by atoms with Crippen LogP contribution in [0.2, 0.25) is 0 Å². The van der Waals surface area contributed by atoms with E-state index in [4.69, 9.17) is 4.74 Å². The Kier molecular flexibility index (Phi) is 6.11. The summed E-state index contributed by atoms with van der Waals surface area (Å²) in [6.45, 7) is 5.97. The van der Waals surface area contributed by atoms with E-state index in [2.05, 4.69) is 6.08 Å². The standard InChI is InChI=1S/C25H26O6/c1-15(2)6-5-12-25(3)13-11-17-22(31-25)14-21(29)23(24(17)30)20(28)10-9-16-18(26)7-4-8-19(16)27/h4,6-11,13-14,26-27,29-30H,5,12H2,1-3H3. The van der Waals surface area contributed by atoms with Crippen LogP contribution in [0.3, 0.4) is 0 Å². The topological polar surface area (TPSA) is 107 Å². The molecule has 1 aliphatic heterocycles. The third-order valence-corrected chi connectivity index (χ3v) is 5.13. The van der Waals surface area contributed by atoms with E-state index >= 15 is 0 Å². The second kappa shape index (κ2) is 8.60. The molecule has 0 bridgehead atoms. The molecule has 0 fully saturated rings. The smallest absolute Gasteiger partial charge is 0.193 e. The molecule has 2 aromatic rings. The second-order valence-corrected chi connectivity index (χ2v) is 8.01. The summed E-state index contributed by atoms with van der Waals surface area (Å²) in [5.74, 6) is -1.62. The van der Waals surface area contributed by atoms with E-state index in [0.717, 1.165) is 12.5 Å². The Morgan fingerprint density at radius 3 is 2.42 bits per heavy atom. The largest absolute Gasteiger partial charge is 0.507 e. The molecule has 0 saturated carbocycles. The number of benzene rings is 2. The molecule has 0 aromatic heterocycles. The molecule has 6 nitrogen and oxygen atoms in total. The molecule has 0 amide bonds. The molecule has 162 valence electrons. The average Bonchev–Trinajstić information content (AvgIpc) is 2.66. The first-order valence-corrected chi connectivity index (χ1v) is 9.95. The minimum atomic E-state index is -0.689. The molecule has 1 heterocycles. The molecule has 2 aromatic carbocycles. The fraction of sp³-hybridized carbons (Fsp3) is 0.240. The molecule has 0 aliphatic carbocycles. The number of fused-ring (bicyclic) bond motifs is 1. The van der Waals surface area contributed by atoms with Gasteiger partial charge in [0.25, 0.3) is 0 Å². The van der Waals surface area contributed by atoms with Crippen LogP contribution in [0.15, 0.2) is 48.1 Å². The van der Waals surface area contributed by atoms with E-state index in [-0.39, 0.29) is 28.4 Å².